The van der Waals surface area contributed by atoms with Gasteiger partial charge in [0.1, 0.15) is 11.9 Å². The highest BCUT2D eigenvalue weighted by atomic mass is 16.5. The van der Waals surface area contributed by atoms with Crippen molar-refractivity contribution in [3.63, 3.8) is 0 Å². The summed E-state index contributed by atoms with van der Waals surface area (Å²) < 4.78 is 4.87. The molecule has 2 aromatic heterocycles. The highest BCUT2D eigenvalue weighted by Gasteiger charge is 2.21. The van der Waals surface area contributed by atoms with Gasteiger partial charge in [-0.2, -0.15) is 0 Å². The molecule has 2 N–H and O–H groups in total. The molecule has 0 spiro atoms. The number of hydrogen-bond acceptors (Lipinski definition) is 6. The quantitative estimate of drug-likeness (QED) is 0.388. The Labute approximate surface area is 190 Å². The molecule has 0 bridgehead atoms. The topological polar surface area (TPSA) is 93.2 Å². The van der Waals surface area contributed by atoms with Crippen LogP contribution in [0.15, 0.2) is 36.7 Å². The van der Waals surface area contributed by atoms with Gasteiger partial charge < -0.3 is 15.4 Å². The van der Waals surface area contributed by atoms with Crippen molar-refractivity contribution < 1.29 is 14.3 Å². The summed E-state index contributed by atoms with van der Waals surface area (Å²) in [7, 11) is 1.36. The van der Waals surface area contributed by atoms with Gasteiger partial charge in [0.25, 0.3) is 0 Å². The maximum atomic E-state index is 12.3. The van der Waals surface area contributed by atoms with Crippen molar-refractivity contribution >= 4 is 17.7 Å². The predicted octanol–water partition coefficient (Wildman–Crippen LogP) is 3.62. The molecule has 1 atom stereocenters. The zero-order valence-corrected chi connectivity index (χ0v) is 18.9. The first-order chi connectivity index (χ1) is 15.7. The van der Waals surface area contributed by atoms with Crippen LogP contribution in [0.25, 0.3) is 0 Å². The lowest BCUT2D eigenvalue weighted by molar-refractivity contribution is -0.145. The Morgan fingerprint density at radius 3 is 2.69 bits per heavy atom. The number of nitrogens with zero attached hydrogens (tertiary/aromatic N) is 2. The number of nitrogens with one attached hydrogen (secondary N) is 2. The highest BCUT2D eigenvalue weighted by molar-refractivity contribution is 5.85. The first kappa shape index (κ1) is 23.7. The predicted molar refractivity (Wildman–Crippen MR) is 124 cm³/mol. The summed E-state index contributed by atoms with van der Waals surface area (Å²) >= 11 is 0. The lowest BCUT2D eigenvalue weighted by Crippen LogP contribution is -2.42. The molecular formula is C25H34N4O3. The minimum absolute atomic E-state index is 0.182. The van der Waals surface area contributed by atoms with Crippen LogP contribution >= 0.6 is 0 Å². The highest BCUT2D eigenvalue weighted by Crippen LogP contribution is 2.20. The molecule has 0 saturated heterocycles. The SMILES string of the molecule is COC(=O)[C@H](CCCCCCCc1ccc2c(n1)NCCC2)NC(=O)Cc1ccncc1. The van der Waals surface area contributed by atoms with Crippen LogP contribution in [0.5, 0.6) is 0 Å². The molecule has 32 heavy (non-hydrogen) atoms. The van der Waals surface area contributed by atoms with Crippen molar-refractivity contribution in [3.8, 4) is 0 Å². The number of ether oxygens (including phenoxy) is 1. The van der Waals surface area contributed by atoms with Gasteiger partial charge in [0.15, 0.2) is 0 Å². The Morgan fingerprint density at radius 1 is 1.09 bits per heavy atom. The largest absolute Gasteiger partial charge is 0.467 e. The lowest BCUT2D eigenvalue weighted by atomic mass is 10.0. The second kappa shape index (κ2) is 12.8. The zero-order valence-electron chi connectivity index (χ0n) is 18.9. The van der Waals surface area contributed by atoms with Crippen molar-refractivity contribution in [1.82, 2.24) is 15.3 Å². The van der Waals surface area contributed by atoms with Crippen LogP contribution in [-0.4, -0.2) is 41.5 Å². The Kier molecular flexibility index (Phi) is 9.47. The maximum absolute atomic E-state index is 12.3. The Hall–Kier alpha value is -2.96. The van der Waals surface area contributed by atoms with Crippen molar-refractivity contribution in [2.24, 2.45) is 0 Å². The third kappa shape index (κ3) is 7.62. The number of carbonyl (C=O) groups is 2. The molecular weight excluding hydrogens is 404 g/mol. The number of carbonyl (C=O) groups excluding carboxylic acids is 2. The molecule has 0 aromatic carbocycles. The summed E-state index contributed by atoms with van der Waals surface area (Å²) in [5.74, 6) is 0.493. The molecule has 1 amide bonds. The number of esters is 1. The molecule has 172 valence electrons. The fraction of sp³-hybridized carbons (Fsp3) is 0.520. The smallest absolute Gasteiger partial charge is 0.328 e. The summed E-state index contributed by atoms with van der Waals surface area (Å²) in [4.78, 5) is 33.1. The van der Waals surface area contributed by atoms with E-state index < -0.39 is 6.04 Å². The number of aromatic nitrogens is 2. The number of rotatable bonds is 12. The molecule has 7 nitrogen and oxygen atoms in total. The zero-order chi connectivity index (χ0) is 22.6. The van der Waals surface area contributed by atoms with Crippen LogP contribution in [0.2, 0.25) is 0 Å². The van der Waals surface area contributed by atoms with Crippen LogP contribution in [0.1, 0.15) is 61.8 Å². The minimum atomic E-state index is -0.596. The summed E-state index contributed by atoms with van der Waals surface area (Å²) in [5, 5.41) is 6.21. The van der Waals surface area contributed by atoms with Gasteiger partial charge in [-0.3, -0.25) is 9.78 Å². The lowest BCUT2D eigenvalue weighted by Gasteiger charge is -2.17. The van der Waals surface area contributed by atoms with Gasteiger partial charge in [-0.15, -0.1) is 0 Å². The van der Waals surface area contributed by atoms with Crippen molar-refractivity contribution in [3.05, 3.63) is 53.5 Å². The van der Waals surface area contributed by atoms with E-state index >= 15 is 0 Å². The normalized spacial score (nSPS) is 13.5. The molecule has 3 rings (SSSR count). The van der Waals surface area contributed by atoms with Crippen molar-refractivity contribution in [2.75, 3.05) is 19.0 Å². The van der Waals surface area contributed by atoms with E-state index in [4.69, 9.17) is 9.72 Å². The summed E-state index contributed by atoms with van der Waals surface area (Å²) in [6.07, 6.45) is 12.6. The van der Waals surface area contributed by atoms with Gasteiger partial charge >= 0.3 is 5.97 Å². The van der Waals surface area contributed by atoms with Gasteiger partial charge in [-0.1, -0.05) is 31.7 Å². The number of pyridine rings is 2. The van der Waals surface area contributed by atoms with Gasteiger partial charge in [-0.05, 0) is 61.4 Å². The summed E-state index contributed by atoms with van der Waals surface area (Å²) in [6, 6.07) is 7.36. The molecule has 0 fully saturated rings. The Bertz CT molecular complexity index is 873. The fourth-order valence-corrected chi connectivity index (χ4v) is 4.02. The van der Waals surface area contributed by atoms with E-state index in [1.54, 1.807) is 24.5 Å². The van der Waals surface area contributed by atoms with Gasteiger partial charge in [0.05, 0.1) is 13.5 Å². The first-order valence-corrected chi connectivity index (χ1v) is 11.6. The number of fused-ring (bicyclic) bond motifs is 1. The number of aryl methyl sites for hydroxylation is 2. The summed E-state index contributed by atoms with van der Waals surface area (Å²) in [6.45, 7) is 1.01. The van der Waals surface area contributed by atoms with E-state index in [2.05, 4.69) is 27.8 Å². The molecule has 0 saturated carbocycles. The number of amides is 1. The van der Waals surface area contributed by atoms with Crippen LogP contribution in [0, 0.1) is 0 Å². The first-order valence-electron chi connectivity index (χ1n) is 11.6. The van der Waals surface area contributed by atoms with Gasteiger partial charge in [-0.25, -0.2) is 9.78 Å². The van der Waals surface area contributed by atoms with E-state index in [1.807, 2.05) is 0 Å². The van der Waals surface area contributed by atoms with E-state index in [1.165, 1.54) is 19.1 Å². The molecule has 1 aliphatic rings. The van der Waals surface area contributed by atoms with E-state index in [0.717, 1.165) is 68.6 Å². The number of unbranched alkanes of at least 4 members (excludes halogenated alkanes) is 4. The monoisotopic (exact) mass is 438 g/mol. The minimum Gasteiger partial charge on any atom is -0.467 e. The molecule has 7 heteroatoms. The third-order valence-electron chi connectivity index (χ3n) is 5.81. The second-order valence-corrected chi connectivity index (χ2v) is 8.32. The second-order valence-electron chi connectivity index (χ2n) is 8.32. The number of hydrogen-bond donors (Lipinski definition) is 2. The number of anilines is 1. The summed E-state index contributed by atoms with van der Waals surface area (Å²) in [5.41, 5.74) is 3.35. The van der Waals surface area contributed by atoms with E-state index in [9.17, 15) is 9.59 Å². The average molecular weight is 439 g/mol. The van der Waals surface area contributed by atoms with Crippen molar-refractivity contribution in [2.45, 2.75) is 70.3 Å². The standard InChI is InChI=1S/C25H34N4O3/c1-32-25(31)22(29-23(30)18-19-13-16-26-17-14-19)10-6-4-2-3-5-9-21-12-11-20-8-7-15-27-24(20)28-21/h11-14,16-17,22H,2-10,15,18H2,1H3,(H,27,28)(H,29,30)/t22-/m0/s1. The average Bonchev–Trinajstić information content (AvgIpc) is 2.82. The van der Waals surface area contributed by atoms with Gasteiger partial charge in [0, 0.05) is 24.6 Å². The Morgan fingerprint density at radius 2 is 1.88 bits per heavy atom. The molecule has 0 unspecified atom stereocenters. The van der Waals surface area contributed by atoms with Crippen molar-refractivity contribution in [1.29, 1.82) is 0 Å². The molecule has 1 aliphatic heterocycles. The van der Waals surface area contributed by atoms with E-state index in [0.29, 0.717) is 6.42 Å². The Balaban J connectivity index is 1.32. The number of methoxy groups -OCH3 is 1. The molecule has 3 heterocycles. The van der Waals surface area contributed by atoms with Crippen LogP contribution in [0.4, 0.5) is 5.82 Å². The maximum Gasteiger partial charge on any atom is 0.328 e. The van der Waals surface area contributed by atoms with Crippen LogP contribution in [-0.2, 0) is 33.6 Å². The fourth-order valence-electron chi connectivity index (χ4n) is 4.02. The van der Waals surface area contributed by atoms with Gasteiger partial charge in [0.2, 0.25) is 5.91 Å². The molecule has 0 radical (unpaired) electrons. The molecule has 0 aliphatic carbocycles. The molecule has 2 aromatic rings. The van der Waals surface area contributed by atoms with E-state index in [-0.39, 0.29) is 18.3 Å². The van der Waals surface area contributed by atoms with Crippen LogP contribution in [0.3, 0.4) is 0 Å². The van der Waals surface area contributed by atoms with Crippen LogP contribution < -0.4 is 10.6 Å². The third-order valence-corrected chi connectivity index (χ3v) is 5.81.